The average Bonchev–Trinajstić information content (AvgIpc) is 3.07. The minimum absolute atomic E-state index is 0.0285. The molecular formula is C20H17Cl2NO5. The number of nitrogens with zero attached hydrogens (tertiary/aromatic N) is 1. The number of halogens is 2. The van der Waals surface area contributed by atoms with Crippen LogP contribution in [0.5, 0.6) is 5.75 Å². The summed E-state index contributed by atoms with van der Waals surface area (Å²) in [7, 11) is 1.56. The number of esters is 1. The third kappa shape index (κ3) is 4.46. The first-order valence-electron chi connectivity index (χ1n) is 8.48. The molecule has 1 aliphatic heterocycles. The molecule has 1 heterocycles. The average molecular weight is 422 g/mol. The maximum atomic E-state index is 12.3. The van der Waals surface area contributed by atoms with Crippen LogP contribution in [0.1, 0.15) is 16.8 Å². The molecule has 0 bridgehead atoms. The maximum absolute atomic E-state index is 12.3. The van der Waals surface area contributed by atoms with Gasteiger partial charge in [0.2, 0.25) is 11.7 Å². The van der Waals surface area contributed by atoms with Crippen LogP contribution in [0.25, 0.3) is 0 Å². The lowest BCUT2D eigenvalue weighted by Gasteiger charge is -2.16. The summed E-state index contributed by atoms with van der Waals surface area (Å²) in [5.41, 5.74) is 0.895. The molecule has 0 radical (unpaired) electrons. The highest BCUT2D eigenvalue weighted by molar-refractivity contribution is 6.36. The van der Waals surface area contributed by atoms with Crippen molar-refractivity contribution in [3.05, 3.63) is 58.1 Å². The van der Waals surface area contributed by atoms with E-state index in [9.17, 15) is 14.4 Å². The normalized spacial score (nSPS) is 16.2. The van der Waals surface area contributed by atoms with Crippen molar-refractivity contribution in [3.8, 4) is 5.75 Å². The van der Waals surface area contributed by atoms with Crippen LogP contribution in [0.4, 0.5) is 5.69 Å². The van der Waals surface area contributed by atoms with Gasteiger partial charge in [-0.2, -0.15) is 0 Å². The van der Waals surface area contributed by atoms with Gasteiger partial charge in [0.25, 0.3) is 0 Å². The molecule has 6 nitrogen and oxygen atoms in total. The molecule has 8 heteroatoms. The molecule has 0 spiro atoms. The Labute approximate surface area is 171 Å². The lowest BCUT2D eigenvalue weighted by molar-refractivity contribution is -0.147. The van der Waals surface area contributed by atoms with E-state index in [0.717, 1.165) is 0 Å². The van der Waals surface area contributed by atoms with E-state index in [2.05, 4.69) is 0 Å². The molecule has 2 aromatic carbocycles. The van der Waals surface area contributed by atoms with Crippen molar-refractivity contribution in [2.24, 2.45) is 5.92 Å². The van der Waals surface area contributed by atoms with Crippen LogP contribution < -0.4 is 9.64 Å². The molecule has 1 fully saturated rings. The molecule has 1 atom stereocenters. The number of carbonyl (C=O) groups excluding carboxylic acids is 3. The molecule has 1 saturated heterocycles. The van der Waals surface area contributed by atoms with Gasteiger partial charge in [-0.1, -0.05) is 23.2 Å². The smallest absolute Gasteiger partial charge is 0.311 e. The van der Waals surface area contributed by atoms with E-state index < -0.39 is 24.3 Å². The predicted octanol–water partition coefficient (Wildman–Crippen LogP) is 3.78. The Morgan fingerprint density at radius 3 is 2.50 bits per heavy atom. The van der Waals surface area contributed by atoms with Crippen molar-refractivity contribution >= 4 is 46.5 Å². The SMILES string of the molecule is COc1ccc(N2C[C@@H](C(=O)OCC(=O)c3ccc(Cl)cc3Cl)CC2=O)cc1. The summed E-state index contributed by atoms with van der Waals surface area (Å²) in [4.78, 5) is 38.3. The van der Waals surface area contributed by atoms with Crippen molar-refractivity contribution in [1.82, 2.24) is 0 Å². The molecule has 1 aliphatic rings. The fourth-order valence-electron chi connectivity index (χ4n) is 2.93. The van der Waals surface area contributed by atoms with Crippen LogP contribution in [0.3, 0.4) is 0 Å². The molecule has 28 heavy (non-hydrogen) atoms. The largest absolute Gasteiger partial charge is 0.497 e. The summed E-state index contributed by atoms with van der Waals surface area (Å²) in [5, 5.41) is 0.594. The van der Waals surface area contributed by atoms with Crippen LogP contribution in [-0.4, -0.2) is 37.9 Å². The molecule has 0 N–H and O–H groups in total. The van der Waals surface area contributed by atoms with Gasteiger partial charge in [0, 0.05) is 29.2 Å². The Hall–Kier alpha value is -2.57. The van der Waals surface area contributed by atoms with E-state index >= 15 is 0 Å². The number of anilines is 1. The Balaban J connectivity index is 1.59. The number of methoxy groups -OCH3 is 1. The number of amides is 1. The van der Waals surface area contributed by atoms with Crippen LogP contribution in [-0.2, 0) is 14.3 Å². The molecule has 3 rings (SSSR count). The summed E-state index contributed by atoms with van der Waals surface area (Å²) in [6.07, 6.45) is 0.0285. The van der Waals surface area contributed by atoms with Gasteiger partial charge in [0.15, 0.2) is 6.61 Å². The Bertz CT molecular complexity index is 913. The van der Waals surface area contributed by atoms with Crippen LogP contribution in [0.2, 0.25) is 10.0 Å². The van der Waals surface area contributed by atoms with E-state index in [0.29, 0.717) is 16.5 Å². The van der Waals surface area contributed by atoms with Gasteiger partial charge in [-0.15, -0.1) is 0 Å². The Morgan fingerprint density at radius 1 is 1.14 bits per heavy atom. The van der Waals surface area contributed by atoms with Crippen molar-refractivity contribution in [2.75, 3.05) is 25.2 Å². The zero-order valence-corrected chi connectivity index (χ0v) is 16.5. The van der Waals surface area contributed by atoms with Crippen LogP contribution >= 0.6 is 23.2 Å². The first-order valence-corrected chi connectivity index (χ1v) is 9.24. The second-order valence-electron chi connectivity index (χ2n) is 6.26. The molecule has 2 aromatic rings. The maximum Gasteiger partial charge on any atom is 0.311 e. The number of ketones is 1. The number of hydrogen-bond donors (Lipinski definition) is 0. The van der Waals surface area contributed by atoms with E-state index in [1.165, 1.54) is 23.1 Å². The Morgan fingerprint density at radius 2 is 1.86 bits per heavy atom. The predicted molar refractivity (Wildman–Crippen MR) is 105 cm³/mol. The van der Waals surface area contributed by atoms with Crippen molar-refractivity contribution in [3.63, 3.8) is 0 Å². The highest BCUT2D eigenvalue weighted by Gasteiger charge is 2.36. The summed E-state index contributed by atoms with van der Waals surface area (Å²) in [6.45, 7) is -0.257. The highest BCUT2D eigenvalue weighted by Crippen LogP contribution is 2.27. The zero-order valence-electron chi connectivity index (χ0n) is 15.0. The minimum Gasteiger partial charge on any atom is -0.497 e. The van der Waals surface area contributed by atoms with Gasteiger partial charge in [0.1, 0.15) is 5.75 Å². The quantitative estimate of drug-likeness (QED) is 0.524. The number of benzene rings is 2. The fraction of sp³-hybridized carbons (Fsp3) is 0.250. The van der Waals surface area contributed by atoms with E-state index in [4.69, 9.17) is 32.7 Å². The second kappa shape index (κ2) is 8.63. The molecule has 1 amide bonds. The van der Waals surface area contributed by atoms with Crippen LogP contribution in [0, 0.1) is 5.92 Å². The standard InChI is InChI=1S/C20H17Cl2NO5/c1-27-15-5-3-14(4-6-15)23-10-12(8-19(23)25)20(26)28-11-18(24)16-7-2-13(21)9-17(16)22/h2-7,9,12H,8,10-11H2,1H3/t12-/m0/s1. The molecule has 146 valence electrons. The van der Waals surface area contributed by atoms with Crippen LogP contribution in [0.15, 0.2) is 42.5 Å². The van der Waals surface area contributed by atoms with Crippen molar-refractivity contribution < 1.29 is 23.9 Å². The van der Waals surface area contributed by atoms with Crippen molar-refractivity contribution in [2.45, 2.75) is 6.42 Å². The minimum atomic E-state index is -0.636. The molecule has 0 aliphatic carbocycles. The zero-order chi connectivity index (χ0) is 20.3. The fourth-order valence-corrected chi connectivity index (χ4v) is 3.44. The number of hydrogen-bond acceptors (Lipinski definition) is 5. The summed E-state index contributed by atoms with van der Waals surface area (Å²) in [5.74, 6) is -1.18. The summed E-state index contributed by atoms with van der Waals surface area (Å²) in [6, 6.07) is 11.4. The number of ether oxygens (including phenoxy) is 2. The molecule has 0 saturated carbocycles. The lowest BCUT2D eigenvalue weighted by Crippen LogP contribution is -2.27. The number of rotatable bonds is 6. The molecule has 0 unspecified atom stereocenters. The van der Waals surface area contributed by atoms with Gasteiger partial charge >= 0.3 is 5.97 Å². The van der Waals surface area contributed by atoms with E-state index in [-0.39, 0.29) is 29.5 Å². The van der Waals surface area contributed by atoms with Gasteiger partial charge < -0.3 is 14.4 Å². The van der Waals surface area contributed by atoms with Crippen molar-refractivity contribution in [1.29, 1.82) is 0 Å². The Kier molecular flexibility index (Phi) is 6.21. The van der Waals surface area contributed by atoms with Gasteiger partial charge in [-0.3, -0.25) is 14.4 Å². The van der Waals surface area contributed by atoms with E-state index in [1.54, 1.807) is 31.4 Å². The topological polar surface area (TPSA) is 72.9 Å². The summed E-state index contributed by atoms with van der Waals surface area (Å²) < 4.78 is 10.2. The third-order valence-corrected chi connectivity index (χ3v) is 4.97. The lowest BCUT2D eigenvalue weighted by atomic mass is 10.1. The van der Waals surface area contributed by atoms with Gasteiger partial charge in [0.05, 0.1) is 18.1 Å². The van der Waals surface area contributed by atoms with Gasteiger partial charge in [-0.05, 0) is 42.5 Å². The van der Waals surface area contributed by atoms with Gasteiger partial charge in [-0.25, -0.2) is 0 Å². The monoisotopic (exact) mass is 421 g/mol. The molecule has 0 aromatic heterocycles. The third-order valence-electron chi connectivity index (χ3n) is 4.42. The first kappa shape index (κ1) is 20.2. The highest BCUT2D eigenvalue weighted by atomic mass is 35.5. The summed E-state index contributed by atoms with van der Waals surface area (Å²) >= 11 is 11.8. The first-order chi connectivity index (χ1) is 13.4. The number of Topliss-reactive ketones (excluding diaryl/α,β-unsaturated/α-hetero) is 1. The van der Waals surface area contributed by atoms with E-state index in [1.807, 2.05) is 0 Å². The number of carbonyl (C=O) groups is 3. The second-order valence-corrected chi connectivity index (χ2v) is 7.10. The molecular weight excluding hydrogens is 405 g/mol.